The summed E-state index contributed by atoms with van der Waals surface area (Å²) in [6, 6.07) is 0.0158. The number of piperidine rings is 1. The number of aromatic carboxylic acids is 1. The quantitative estimate of drug-likeness (QED) is 0.797. The third kappa shape index (κ3) is 2.52. The van der Waals surface area contributed by atoms with Crippen molar-refractivity contribution in [2.24, 2.45) is 0 Å². The molecule has 92 valence electrons. The number of carbonyl (C=O) groups is 1. The van der Waals surface area contributed by atoms with Crippen molar-refractivity contribution in [3.05, 3.63) is 18.1 Å². The van der Waals surface area contributed by atoms with E-state index < -0.39 is 5.97 Å². The molecule has 0 bridgehead atoms. The van der Waals surface area contributed by atoms with Crippen LogP contribution in [0.2, 0.25) is 0 Å². The fraction of sp³-hybridized carbons (Fsp3) is 0.545. The number of aromatic nitrogens is 2. The van der Waals surface area contributed by atoms with Crippen LogP contribution in [0.4, 0.5) is 5.82 Å². The van der Waals surface area contributed by atoms with E-state index in [9.17, 15) is 9.90 Å². The van der Waals surface area contributed by atoms with Gasteiger partial charge in [0.05, 0.1) is 25.0 Å². The van der Waals surface area contributed by atoms with Gasteiger partial charge in [-0.05, 0) is 19.3 Å². The molecule has 1 aliphatic rings. The van der Waals surface area contributed by atoms with Gasteiger partial charge >= 0.3 is 5.97 Å². The molecule has 0 aliphatic carbocycles. The van der Waals surface area contributed by atoms with E-state index in [1.54, 1.807) is 6.20 Å². The number of carboxylic acids is 1. The smallest absolute Gasteiger partial charge is 0.356 e. The highest BCUT2D eigenvalue weighted by Crippen LogP contribution is 2.22. The normalized spacial score (nSPS) is 20.3. The molecule has 2 rings (SSSR count). The second-order valence-corrected chi connectivity index (χ2v) is 4.09. The molecule has 6 nitrogen and oxygen atoms in total. The molecular formula is C11H15N3O3. The molecule has 2 N–H and O–H groups in total. The molecule has 0 radical (unpaired) electrons. The second-order valence-electron chi connectivity index (χ2n) is 4.09. The van der Waals surface area contributed by atoms with Crippen LogP contribution in [0, 0.1) is 0 Å². The van der Waals surface area contributed by atoms with Crippen LogP contribution in [0.5, 0.6) is 0 Å². The SMILES string of the molecule is O=C(O)c1cncc(N2CCCCC2CO)n1. The zero-order valence-electron chi connectivity index (χ0n) is 9.41. The van der Waals surface area contributed by atoms with Crippen molar-refractivity contribution < 1.29 is 15.0 Å². The van der Waals surface area contributed by atoms with Crippen molar-refractivity contribution in [2.45, 2.75) is 25.3 Å². The monoisotopic (exact) mass is 237 g/mol. The van der Waals surface area contributed by atoms with E-state index in [2.05, 4.69) is 9.97 Å². The highest BCUT2D eigenvalue weighted by atomic mass is 16.4. The van der Waals surface area contributed by atoms with E-state index in [0.717, 1.165) is 25.8 Å². The minimum Gasteiger partial charge on any atom is -0.476 e. The number of rotatable bonds is 3. The first-order valence-corrected chi connectivity index (χ1v) is 5.65. The highest BCUT2D eigenvalue weighted by molar-refractivity contribution is 5.85. The Bertz CT molecular complexity index is 411. The van der Waals surface area contributed by atoms with Crippen LogP contribution in [0.25, 0.3) is 0 Å². The lowest BCUT2D eigenvalue weighted by molar-refractivity contribution is 0.0690. The van der Waals surface area contributed by atoms with Crippen LogP contribution in [0.3, 0.4) is 0 Å². The molecule has 1 aromatic heterocycles. The van der Waals surface area contributed by atoms with Crippen LogP contribution < -0.4 is 4.90 Å². The first-order valence-electron chi connectivity index (χ1n) is 5.65. The predicted molar refractivity (Wildman–Crippen MR) is 61.1 cm³/mol. The summed E-state index contributed by atoms with van der Waals surface area (Å²) in [5.41, 5.74) is -0.0650. The van der Waals surface area contributed by atoms with Crippen molar-refractivity contribution >= 4 is 11.8 Å². The summed E-state index contributed by atoms with van der Waals surface area (Å²) in [4.78, 5) is 20.7. The molecule has 1 saturated heterocycles. The van der Waals surface area contributed by atoms with Crippen molar-refractivity contribution in [3.63, 3.8) is 0 Å². The molecule has 2 heterocycles. The minimum atomic E-state index is -1.09. The molecule has 0 saturated carbocycles. The molecule has 0 spiro atoms. The summed E-state index contributed by atoms with van der Waals surface area (Å²) in [5, 5.41) is 18.2. The Hall–Kier alpha value is -1.69. The Morgan fingerprint density at radius 3 is 3.00 bits per heavy atom. The summed E-state index contributed by atoms with van der Waals surface area (Å²) in [5.74, 6) is -0.555. The van der Waals surface area contributed by atoms with Crippen LogP contribution in [0.1, 0.15) is 29.8 Å². The average molecular weight is 237 g/mol. The lowest BCUT2D eigenvalue weighted by atomic mass is 10.0. The van der Waals surface area contributed by atoms with Crippen molar-refractivity contribution in [3.8, 4) is 0 Å². The molecular weight excluding hydrogens is 222 g/mol. The Morgan fingerprint density at radius 2 is 2.29 bits per heavy atom. The van der Waals surface area contributed by atoms with Gasteiger partial charge in [-0.25, -0.2) is 9.78 Å². The molecule has 1 aliphatic heterocycles. The molecule has 1 unspecified atom stereocenters. The van der Waals surface area contributed by atoms with Crippen molar-refractivity contribution in [2.75, 3.05) is 18.1 Å². The van der Waals surface area contributed by atoms with Gasteiger partial charge in [0.15, 0.2) is 5.69 Å². The van der Waals surface area contributed by atoms with Gasteiger partial charge in [-0.1, -0.05) is 0 Å². The van der Waals surface area contributed by atoms with Gasteiger partial charge in [-0.3, -0.25) is 4.98 Å². The zero-order valence-corrected chi connectivity index (χ0v) is 9.41. The number of hydrogen-bond donors (Lipinski definition) is 2. The number of hydrogen-bond acceptors (Lipinski definition) is 5. The topological polar surface area (TPSA) is 86.5 Å². The maximum atomic E-state index is 10.8. The Kier molecular flexibility index (Phi) is 3.53. The van der Waals surface area contributed by atoms with Gasteiger partial charge in [0.25, 0.3) is 0 Å². The first kappa shape index (κ1) is 11.8. The third-order valence-corrected chi connectivity index (χ3v) is 2.97. The number of anilines is 1. The Morgan fingerprint density at radius 1 is 1.47 bits per heavy atom. The molecule has 1 aromatic rings. The molecule has 0 aromatic carbocycles. The molecule has 6 heteroatoms. The summed E-state index contributed by atoms with van der Waals surface area (Å²) in [6.45, 7) is 0.835. The van der Waals surface area contributed by atoms with Gasteiger partial charge in [0.1, 0.15) is 5.82 Å². The fourth-order valence-corrected chi connectivity index (χ4v) is 2.09. The summed E-state index contributed by atoms with van der Waals surface area (Å²) in [7, 11) is 0. The van der Waals surface area contributed by atoms with Crippen LogP contribution in [0.15, 0.2) is 12.4 Å². The van der Waals surface area contributed by atoms with Gasteiger partial charge in [-0.15, -0.1) is 0 Å². The number of carboxylic acid groups (broad SMARTS) is 1. The van der Waals surface area contributed by atoms with Crippen molar-refractivity contribution in [1.82, 2.24) is 9.97 Å². The van der Waals surface area contributed by atoms with E-state index >= 15 is 0 Å². The van der Waals surface area contributed by atoms with E-state index in [1.807, 2.05) is 4.90 Å². The van der Waals surface area contributed by atoms with Gasteiger partial charge < -0.3 is 15.1 Å². The molecule has 1 atom stereocenters. The third-order valence-electron chi connectivity index (χ3n) is 2.97. The van der Waals surface area contributed by atoms with E-state index in [1.165, 1.54) is 6.20 Å². The Labute approximate surface area is 98.9 Å². The summed E-state index contributed by atoms with van der Waals surface area (Å²) < 4.78 is 0. The first-order chi connectivity index (χ1) is 8.22. The lowest BCUT2D eigenvalue weighted by Crippen LogP contribution is -2.42. The van der Waals surface area contributed by atoms with E-state index in [-0.39, 0.29) is 18.3 Å². The second kappa shape index (κ2) is 5.09. The highest BCUT2D eigenvalue weighted by Gasteiger charge is 2.23. The maximum absolute atomic E-state index is 10.8. The average Bonchev–Trinajstić information content (AvgIpc) is 2.39. The van der Waals surface area contributed by atoms with E-state index in [4.69, 9.17) is 5.11 Å². The number of nitrogens with zero attached hydrogens (tertiary/aromatic N) is 3. The number of aliphatic hydroxyl groups is 1. The lowest BCUT2D eigenvalue weighted by Gasteiger charge is -2.35. The molecule has 17 heavy (non-hydrogen) atoms. The summed E-state index contributed by atoms with van der Waals surface area (Å²) >= 11 is 0. The van der Waals surface area contributed by atoms with Crippen molar-refractivity contribution in [1.29, 1.82) is 0 Å². The van der Waals surface area contributed by atoms with Crippen LogP contribution >= 0.6 is 0 Å². The molecule has 1 fully saturated rings. The zero-order chi connectivity index (χ0) is 12.3. The fourth-order valence-electron chi connectivity index (χ4n) is 2.09. The van der Waals surface area contributed by atoms with Gasteiger partial charge in [0.2, 0.25) is 0 Å². The minimum absolute atomic E-state index is 0.0158. The standard InChI is InChI=1S/C11H15N3O3/c15-7-8-3-1-2-4-14(8)10-6-12-5-9(13-10)11(16)17/h5-6,8,15H,1-4,7H2,(H,16,17). The predicted octanol–water partition coefficient (Wildman–Crippen LogP) is 0.526. The van der Waals surface area contributed by atoms with Gasteiger partial charge in [0, 0.05) is 6.54 Å². The largest absolute Gasteiger partial charge is 0.476 e. The van der Waals surface area contributed by atoms with Crippen LogP contribution in [-0.4, -0.2) is 45.3 Å². The summed E-state index contributed by atoms with van der Waals surface area (Å²) in [6.07, 6.45) is 5.77. The van der Waals surface area contributed by atoms with E-state index in [0.29, 0.717) is 5.82 Å². The maximum Gasteiger partial charge on any atom is 0.356 e. The Balaban J connectivity index is 2.25. The van der Waals surface area contributed by atoms with Crippen LogP contribution in [-0.2, 0) is 0 Å². The number of aliphatic hydroxyl groups excluding tert-OH is 1. The molecule has 0 amide bonds. The van der Waals surface area contributed by atoms with Gasteiger partial charge in [-0.2, -0.15) is 0 Å².